The van der Waals surface area contributed by atoms with Crippen molar-refractivity contribution in [3.8, 4) is 16.3 Å². The Balaban J connectivity index is 1.94. The largest absolute Gasteiger partial charge is 0.495 e. The Morgan fingerprint density at radius 1 is 1.24 bits per heavy atom. The van der Waals surface area contributed by atoms with Crippen LogP contribution in [0.3, 0.4) is 0 Å². The van der Waals surface area contributed by atoms with E-state index in [1.54, 1.807) is 18.2 Å². The van der Waals surface area contributed by atoms with Crippen molar-refractivity contribution in [2.24, 2.45) is 0 Å². The van der Waals surface area contributed by atoms with Crippen molar-refractivity contribution < 1.29 is 13.2 Å². The molecule has 0 fully saturated rings. The molecular weight excluding hydrogens is 430 g/mol. The van der Waals surface area contributed by atoms with Gasteiger partial charge in [0.25, 0.3) is 0 Å². The average molecular weight is 454 g/mol. The van der Waals surface area contributed by atoms with Crippen molar-refractivity contribution in [1.29, 1.82) is 0 Å². The van der Waals surface area contributed by atoms with E-state index in [9.17, 15) is 8.42 Å². The number of nitrogens with zero attached hydrogens (tertiary/aromatic N) is 3. The molecule has 0 saturated heterocycles. The molecule has 3 rings (SSSR count). The molecule has 0 amide bonds. The highest BCUT2D eigenvalue weighted by Crippen LogP contribution is 2.36. The van der Waals surface area contributed by atoms with E-state index in [1.165, 1.54) is 34.1 Å². The normalized spacial score (nSPS) is 11.8. The standard InChI is InChI=1S/C18H23N5O3S3/c1-5-23(6-2)29(24,25)12-7-8-15(26-4)13(9-12)21-18-22-14(10-27-18)16-11(3)20-17(19)28-16/h7-10H,5-6H2,1-4H3,(H2,19,20)(H,21,22). The SMILES string of the molecule is CCN(CC)S(=O)(=O)c1ccc(OC)c(Nc2nc(-c3sc(N)nc3C)cs2)c1. The van der Waals surface area contributed by atoms with E-state index in [2.05, 4.69) is 15.3 Å². The number of thiazole rings is 2. The third-order valence-electron chi connectivity index (χ3n) is 4.31. The molecule has 2 aromatic heterocycles. The van der Waals surface area contributed by atoms with Gasteiger partial charge in [-0.25, -0.2) is 18.4 Å². The predicted octanol–water partition coefficient (Wildman–Crippen LogP) is 3.94. The first-order valence-electron chi connectivity index (χ1n) is 8.94. The van der Waals surface area contributed by atoms with Crippen LogP contribution in [0.4, 0.5) is 16.0 Å². The Kier molecular flexibility index (Phi) is 6.42. The van der Waals surface area contributed by atoms with Crippen LogP contribution in [0.2, 0.25) is 0 Å². The molecular formula is C18H23N5O3S3. The molecule has 0 spiro atoms. The number of anilines is 3. The number of benzene rings is 1. The molecule has 0 atom stereocenters. The average Bonchev–Trinajstić information content (AvgIpc) is 3.28. The third-order valence-corrected chi connectivity index (χ3v) is 8.12. The summed E-state index contributed by atoms with van der Waals surface area (Å²) in [6.45, 7) is 6.32. The number of hydrogen-bond acceptors (Lipinski definition) is 9. The number of nitrogen functional groups attached to an aromatic ring is 1. The molecule has 29 heavy (non-hydrogen) atoms. The van der Waals surface area contributed by atoms with Crippen LogP contribution in [-0.4, -0.2) is 42.9 Å². The number of aromatic nitrogens is 2. The Hall–Kier alpha value is -2.21. The highest BCUT2D eigenvalue weighted by Gasteiger charge is 2.23. The van der Waals surface area contributed by atoms with E-state index in [1.807, 2.05) is 26.2 Å². The molecule has 3 N–H and O–H groups in total. The van der Waals surface area contributed by atoms with Gasteiger partial charge in [-0.3, -0.25) is 0 Å². The minimum Gasteiger partial charge on any atom is -0.495 e. The van der Waals surface area contributed by atoms with Gasteiger partial charge in [-0.1, -0.05) is 25.2 Å². The number of aryl methyl sites for hydroxylation is 1. The van der Waals surface area contributed by atoms with Crippen LogP contribution in [0.5, 0.6) is 5.75 Å². The monoisotopic (exact) mass is 453 g/mol. The molecule has 0 aliphatic rings. The molecule has 0 aliphatic carbocycles. The number of rotatable bonds is 8. The van der Waals surface area contributed by atoms with E-state index in [0.29, 0.717) is 34.8 Å². The van der Waals surface area contributed by atoms with Gasteiger partial charge in [0.1, 0.15) is 5.75 Å². The highest BCUT2D eigenvalue weighted by atomic mass is 32.2. The van der Waals surface area contributed by atoms with Gasteiger partial charge < -0.3 is 15.8 Å². The van der Waals surface area contributed by atoms with Crippen LogP contribution >= 0.6 is 22.7 Å². The van der Waals surface area contributed by atoms with E-state index < -0.39 is 10.0 Å². The van der Waals surface area contributed by atoms with Crippen molar-refractivity contribution in [2.75, 3.05) is 31.2 Å². The maximum Gasteiger partial charge on any atom is 0.243 e. The van der Waals surface area contributed by atoms with Crippen molar-refractivity contribution in [2.45, 2.75) is 25.7 Å². The van der Waals surface area contributed by atoms with Gasteiger partial charge in [-0.05, 0) is 25.1 Å². The first-order valence-corrected chi connectivity index (χ1v) is 12.1. The van der Waals surface area contributed by atoms with Gasteiger partial charge >= 0.3 is 0 Å². The maximum absolute atomic E-state index is 12.9. The summed E-state index contributed by atoms with van der Waals surface area (Å²) < 4.78 is 32.5. The first kappa shape index (κ1) is 21.5. The lowest BCUT2D eigenvalue weighted by molar-refractivity contribution is 0.416. The summed E-state index contributed by atoms with van der Waals surface area (Å²) in [5, 5.41) is 6.20. The number of hydrogen-bond donors (Lipinski definition) is 2. The molecule has 0 radical (unpaired) electrons. The summed E-state index contributed by atoms with van der Waals surface area (Å²) in [6, 6.07) is 4.76. The van der Waals surface area contributed by atoms with Crippen molar-refractivity contribution in [1.82, 2.24) is 14.3 Å². The number of sulfonamides is 1. The molecule has 0 unspecified atom stereocenters. The van der Waals surface area contributed by atoms with E-state index >= 15 is 0 Å². The van der Waals surface area contributed by atoms with Gasteiger partial charge in [-0.2, -0.15) is 4.31 Å². The lowest BCUT2D eigenvalue weighted by Crippen LogP contribution is -2.30. The lowest BCUT2D eigenvalue weighted by Gasteiger charge is -2.19. The second-order valence-corrected chi connectivity index (χ2v) is 9.91. The summed E-state index contributed by atoms with van der Waals surface area (Å²) >= 11 is 2.79. The van der Waals surface area contributed by atoms with Gasteiger partial charge in [0, 0.05) is 18.5 Å². The topological polar surface area (TPSA) is 110 Å². The summed E-state index contributed by atoms with van der Waals surface area (Å²) in [5.74, 6) is 0.526. The van der Waals surface area contributed by atoms with Gasteiger partial charge in [0.05, 0.1) is 34.0 Å². The van der Waals surface area contributed by atoms with Crippen LogP contribution in [0.15, 0.2) is 28.5 Å². The fraction of sp³-hybridized carbons (Fsp3) is 0.333. The summed E-state index contributed by atoms with van der Waals surface area (Å²) in [6.07, 6.45) is 0. The third kappa shape index (κ3) is 4.37. The second-order valence-electron chi connectivity index (χ2n) is 6.08. The molecule has 0 bridgehead atoms. The smallest absolute Gasteiger partial charge is 0.243 e. The summed E-state index contributed by atoms with van der Waals surface area (Å²) in [4.78, 5) is 9.93. The van der Waals surface area contributed by atoms with Crippen LogP contribution < -0.4 is 15.8 Å². The molecule has 0 aliphatic heterocycles. The Bertz CT molecular complexity index is 1100. The minimum absolute atomic E-state index is 0.201. The van der Waals surface area contributed by atoms with Gasteiger partial charge in [0.2, 0.25) is 10.0 Å². The van der Waals surface area contributed by atoms with Crippen LogP contribution in [0.1, 0.15) is 19.5 Å². The fourth-order valence-corrected chi connectivity index (χ4v) is 5.93. The fourth-order valence-electron chi connectivity index (χ4n) is 2.86. The van der Waals surface area contributed by atoms with E-state index in [4.69, 9.17) is 10.5 Å². The first-order chi connectivity index (χ1) is 13.8. The molecule has 1 aromatic carbocycles. The number of nitrogens with one attached hydrogen (secondary N) is 1. The lowest BCUT2D eigenvalue weighted by atomic mass is 10.3. The van der Waals surface area contributed by atoms with Crippen LogP contribution in [0.25, 0.3) is 10.6 Å². The van der Waals surface area contributed by atoms with Gasteiger partial charge in [-0.15, -0.1) is 11.3 Å². The van der Waals surface area contributed by atoms with Crippen molar-refractivity contribution in [3.63, 3.8) is 0 Å². The zero-order chi connectivity index (χ0) is 21.2. The highest BCUT2D eigenvalue weighted by molar-refractivity contribution is 7.89. The Labute approximate surface area is 178 Å². The van der Waals surface area contributed by atoms with Crippen molar-refractivity contribution in [3.05, 3.63) is 29.3 Å². The predicted molar refractivity (Wildman–Crippen MR) is 119 cm³/mol. The van der Waals surface area contributed by atoms with E-state index in [-0.39, 0.29) is 4.90 Å². The van der Waals surface area contributed by atoms with Crippen LogP contribution in [0, 0.1) is 6.92 Å². The number of methoxy groups -OCH3 is 1. The Morgan fingerprint density at radius 2 is 1.97 bits per heavy atom. The van der Waals surface area contributed by atoms with Crippen LogP contribution in [-0.2, 0) is 10.0 Å². The maximum atomic E-state index is 12.9. The molecule has 11 heteroatoms. The van der Waals surface area contributed by atoms with E-state index in [0.717, 1.165) is 16.3 Å². The molecule has 2 heterocycles. The molecule has 3 aromatic rings. The second kappa shape index (κ2) is 8.66. The molecule has 8 nitrogen and oxygen atoms in total. The zero-order valence-electron chi connectivity index (χ0n) is 16.6. The number of ether oxygens (including phenoxy) is 1. The minimum atomic E-state index is -3.58. The van der Waals surface area contributed by atoms with Crippen molar-refractivity contribution >= 4 is 48.6 Å². The zero-order valence-corrected chi connectivity index (χ0v) is 19.0. The quantitative estimate of drug-likeness (QED) is 0.531. The molecule has 156 valence electrons. The summed E-state index contributed by atoms with van der Waals surface area (Å²) in [7, 11) is -2.04. The molecule has 0 saturated carbocycles. The van der Waals surface area contributed by atoms with Gasteiger partial charge in [0.15, 0.2) is 10.3 Å². The summed E-state index contributed by atoms with van der Waals surface area (Å²) in [5.41, 5.74) is 7.91. The number of nitrogens with two attached hydrogens (primary N) is 1. The Morgan fingerprint density at radius 3 is 2.55 bits per heavy atom.